The number of aryl methyl sites for hydroxylation is 1. The van der Waals surface area contributed by atoms with Crippen molar-refractivity contribution in [1.29, 1.82) is 5.26 Å². The Morgan fingerprint density at radius 1 is 1.53 bits per heavy atom. The Balaban J connectivity index is 3.08. The van der Waals surface area contributed by atoms with Gasteiger partial charge in [-0.15, -0.1) is 0 Å². The molecule has 0 aliphatic heterocycles. The topological polar surface area (TPSA) is 113 Å². The first-order chi connectivity index (χ1) is 7.84. The summed E-state index contributed by atoms with van der Waals surface area (Å²) in [5.74, 6) is -0.498. The Bertz CT molecular complexity index is 587. The van der Waals surface area contributed by atoms with Gasteiger partial charge in [0.1, 0.15) is 6.42 Å². The van der Waals surface area contributed by atoms with Crippen LogP contribution in [0, 0.1) is 18.3 Å². The van der Waals surface area contributed by atoms with E-state index in [0.717, 1.165) is 0 Å². The lowest BCUT2D eigenvalue weighted by molar-refractivity contribution is -0.115. The van der Waals surface area contributed by atoms with Gasteiger partial charge in [0.15, 0.2) is 0 Å². The zero-order chi connectivity index (χ0) is 13.1. The van der Waals surface area contributed by atoms with E-state index in [9.17, 15) is 13.2 Å². The Hall–Kier alpha value is -1.91. The van der Waals surface area contributed by atoms with Crippen molar-refractivity contribution in [2.75, 3.05) is 5.32 Å². The number of hydrogen-bond acceptors (Lipinski definition) is 4. The summed E-state index contributed by atoms with van der Waals surface area (Å²) in [6.45, 7) is 1.70. The molecule has 6 nitrogen and oxygen atoms in total. The maximum Gasteiger partial charge on any atom is 0.238 e. The van der Waals surface area contributed by atoms with E-state index < -0.39 is 15.9 Å². The molecule has 0 saturated heterocycles. The molecule has 0 atom stereocenters. The second-order valence-corrected chi connectivity index (χ2v) is 4.97. The molecule has 0 saturated carbocycles. The van der Waals surface area contributed by atoms with Gasteiger partial charge in [-0.05, 0) is 24.6 Å². The maximum absolute atomic E-state index is 11.2. The highest BCUT2D eigenvalue weighted by atomic mass is 32.2. The van der Waals surface area contributed by atoms with E-state index in [1.807, 2.05) is 0 Å². The molecule has 0 aliphatic rings. The third-order valence-electron chi connectivity index (χ3n) is 2.05. The molecule has 0 spiro atoms. The predicted molar refractivity (Wildman–Crippen MR) is 61.4 cm³/mol. The Kier molecular flexibility index (Phi) is 3.83. The Morgan fingerprint density at radius 2 is 2.18 bits per heavy atom. The third-order valence-corrected chi connectivity index (χ3v) is 2.96. The molecular weight excluding hydrogens is 242 g/mol. The SMILES string of the molecule is Cc1ccc(S(N)(=O)=O)cc1NC(=O)CC#N. The van der Waals surface area contributed by atoms with Crippen molar-refractivity contribution in [3.05, 3.63) is 23.8 Å². The molecule has 90 valence electrons. The monoisotopic (exact) mass is 253 g/mol. The minimum Gasteiger partial charge on any atom is -0.325 e. The van der Waals surface area contributed by atoms with Gasteiger partial charge in [-0.2, -0.15) is 5.26 Å². The van der Waals surface area contributed by atoms with Gasteiger partial charge in [0, 0.05) is 5.69 Å². The van der Waals surface area contributed by atoms with Crippen LogP contribution in [-0.4, -0.2) is 14.3 Å². The van der Waals surface area contributed by atoms with Gasteiger partial charge in [-0.1, -0.05) is 6.07 Å². The molecule has 1 aromatic rings. The standard InChI is InChI=1S/C10H11N3O3S/c1-7-2-3-8(17(12,15)16)6-9(7)13-10(14)4-5-11/h2-3,6H,4H2,1H3,(H,13,14)(H2,12,15,16). The fourth-order valence-electron chi connectivity index (χ4n) is 1.18. The number of nitrogens with one attached hydrogen (secondary N) is 1. The van der Waals surface area contributed by atoms with Crippen molar-refractivity contribution in [2.24, 2.45) is 5.14 Å². The first-order valence-electron chi connectivity index (χ1n) is 4.65. The van der Waals surface area contributed by atoms with Crippen LogP contribution in [-0.2, 0) is 14.8 Å². The van der Waals surface area contributed by atoms with E-state index in [4.69, 9.17) is 10.4 Å². The fraction of sp³-hybridized carbons (Fsp3) is 0.200. The molecule has 1 amide bonds. The molecule has 3 N–H and O–H groups in total. The van der Waals surface area contributed by atoms with Crippen LogP contribution in [0.4, 0.5) is 5.69 Å². The lowest BCUT2D eigenvalue weighted by atomic mass is 10.2. The number of carbonyl (C=O) groups is 1. The van der Waals surface area contributed by atoms with Crippen LogP contribution in [0.5, 0.6) is 0 Å². The van der Waals surface area contributed by atoms with Crippen LogP contribution < -0.4 is 10.5 Å². The summed E-state index contributed by atoms with van der Waals surface area (Å²) in [6, 6.07) is 5.84. The zero-order valence-corrected chi connectivity index (χ0v) is 9.91. The number of carbonyl (C=O) groups excluding carboxylic acids is 1. The van der Waals surface area contributed by atoms with E-state index >= 15 is 0 Å². The van der Waals surface area contributed by atoms with Gasteiger partial charge < -0.3 is 5.32 Å². The number of hydrogen-bond donors (Lipinski definition) is 2. The average Bonchev–Trinajstić information content (AvgIpc) is 2.20. The lowest BCUT2D eigenvalue weighted by Crippen LogP contribution is -2.15. The number of nitrogens with zero attached hydrogens (tertiary/aromatic N) is 1. The van der Waals surface area contributed by atoms with Crippen LogP contribution in [0.2, 0.25) is 0 Å². The van der Waals surface area contributed by atoms with E-state index in [0.29, 0.717) is 11.3 Å². The molecule has 17 heavy (non-hydrogen) atoms. The number of benzene rings is 1. The normalized spacial score (nSPS) is 10.6. The highest BCUT2D eigenvalue weighted by Gasteiger charge is 2.11. The maximum atomic E-state index is 11.2. The minimum atomic E-state index is -3.81. The molecule has 1 rings (SSSR count). The van der Waals surface area contributed by atoms with Gasteiger partial charge in [0.05, 0.1) is 11.0 Å². The van der Waals surface area contributed by atoms with Gasteiger partial charge in [-0.25, -0.2) is 13.6 Å². The smallest absolute Gasteiger partial charge is 0.238 e. The first kappa shape index (κ1) is 13.2. The van der Waals surface area contributed by atoms with Crippen molar-refractivity contribution in [1.82, 2.24) is 0 Å². The molecular formula is C10H11N3O3S. The molecule has 0 aliphatic carbocycles. The number of nitriles is 1. The molecule has 0 fully saturated rings. The van der Waals surface area contributed by atoms with Crippen LogP contribution in [0.25, 0.3) is 0 Å². The Labute approximate surface area is 99.1 Å². The van der Waals surface area contributed by atoms with E-state index in [1.165, 1.54) is 18.2 Å². The van der Waals surface area contributed by atoms with Gasteiger partial charge in [0.2, 0.25) is 15.9 Å². The van der Waals surface area contributed by atoms with Crippen LogP contribution in [0.3, 0.4) is 0 Å². The lowest BCUT2D eigenvalue weighted by Gasteiger charge is -2.08. The van der Waals surface area contributed by atoms with Crippen molar-refractivity contribution in [3.63, 3.8) is 0 Å². The summed E-state index contributed by atoms with van der Waals surface area (Å²) in [7, 11) is -3.81. The number of sulfonamides is 1. The molecule has 0 bridgehead atoms. The van der Waals surface area contributed by atoms with E-state index in [1.54, 1.807) is 13.0 Å². The first-order valence-corrected chi connectivity index (χ1v) is 6.19. The average molecular weight is 253 g/mol. The summed E-state index contributed by atoms with van der Waals surface area (Å²) < 4.78 is 22.2. The summed E-state index contributed by atoms with van der Waals surface area (Å²) in [5, 5.41) is 15.8. The third kappa shape index (κ3) is 3.55. The van der Waals surface area contributed by atoms with Crippen molar-refractivity contribution >= 4 is 21.6 Å². The van der Waals surface area contributed by atoms with Crippen molar-refractivity contribution in [2.45, 2.75) is 18.2 Å². The second-order valence-electron chi connectivity index (χ2n) is 3.40. The molecule has 0 unspecified atom stereocenters. The fourth-order valence-corrected chi connectivity index (χ4v) is 1.72. The number of amides is 1. The van der Waals surface area contributed by atoms with Crippen LogP contribution in [0.1, 0.15) is 12.0 Å². The number of rotatable bonds is 3. The van der Waals surface area contributed by atoms with Crippen LogP contribution >= 0.6 is 0 Å². The number of primary sulfonamides is 1. The summed E-state index contributed by atoms with van der Waals surface area (Å²) in [5.41, 5.74) is 1.01. The van der Waals surface area contributed by atoms with Crippen LogP contribution in [0.15, 0.2) is 23.1 Å². The predicted octanol–water partition coefficient (Wildman–Crippen LogP) is 0.495. The van der Waals surface area contributed by atoms with Crippen molar-refractivity contribution in [3.8, 4) is 6.07 Å². The zero-order valence-electron chi connectivity index (χ0n) is 9.10. The largest absolute Gasteiger partial charge is 0.325 e. The highest BCUT2D eigenvalue weighted by Crippen LogP contribution is 2.19. The summed E-state index contributed by atoms with van der Waals surface area (Å²) >= 11 is 0. The van der Waals surface area contributed by atoms with E-state index in [2.05, 4.69) is 5.32 Å². The number of nitrogens with two attached hydrogens (primary N) is 1. The molecule has 0 heterocycles. The summed E-state index contributed by atoms with van der Waals surface area (Å²) in [6.07, 6.45) is -0.293. The van der Waals surface area contributed by atoms with Gasteiger partial charge >= 0.3 is 0 Å². The second kappa shape index (κ2) is 4.95. The summed E-state index contributed by atoms with van der Waals surface area (Å²) in [4.78, 5) is 11.1. The quantitative estimate of drug-likeness (QED) is 0.816. The van der Waals surface area contributed by atoms with Crippen molar-refractivity contribution < 1.29 is 13.2 Å². The number of anilines is 1. The Morgan fingerprint density at radius 3 is 2.71 bits per heavy atom. The highest BCUT2D eigenvalue weighted by molar-refractivity contribution is 7.89. The minimum absolute atomic E-state index is 0.0876. The molecule has 1 aromatic carbocycles. The van der Waals surface area contributed by atoms with Gasteiger partial charge in [-0.3, -0.25) is 4.79 Å². The van der Waals surface area contributed by atoms with Gasteiger partial charge in [0.25, 0.3) is 0 Å². The molecule has 0 radical (unpaired) electrons. The molecule has 7 heteroatoms. The molecule has 0 aromatic heterocycles. The van der Waals surface area contributed by atoms with E-state index in [-0.39, 0.29) is 11.3 Å².